The summed E-state index contributed by atoms with van der Waals surface area (Å²) in [6, 6.07) is 51.3. The molecular formula is C32H26O. The molecule has 0 aromatic heterocycles. The van der Waals surface area contributed by atoms with E-state index in [1.165, 1.54) is 33.4 Å². The maximum atomic E-state index is 8.63. The van der Waals surface area contributed by atoms with Gasteiger partial charge in [0.15, 0.2) is 0 Å². The highest BCUT2D eigenvalue weighted by Gasteiger charge is 2.15. The van der Waals surface area contributed by atoms with Crippen molar-refractivity contribution in [2.45, 2.75) is 0 Å². The van der Waals surface area contributed by atoms with Gasteiger partial charge in [-0.05, 0) is 45.5 Å². The third kappa shape index (κ3) is 5.87. The van der Waals surface area contributed by atoms with Gasteiger partial charge in [-0.1, -0.05) is 140 Å². The molecule has 1 heteroatoms. The zero-order valence-electron chi connectivity index (χ0n) is 18.4. The fraction of sp³-hybridized carbons (Fsp3) is 0. The molecule has 0 atom stereocenters. The Hall–Kier alpha value is -4.36. The van der Waals surface area contributed by atoms with Crippen molar-refractivity contribution in [2.24, 2.45) is 0 Å². The van der Waals surface area contributed by atoms with Crippen LogP contribution in [-0.2, 0) is 0 Å². The van der Waals surface area contributed by atoms with Crippen LogP contribution in [0.4, 0.5) is 0 Å². The third-order valence-corrected chi connectivity index (χ3v) is 5.26. The lowest BCUT2D eigenvalue weighted by Crippen LogP contribution is -1.97. The molecule has 5 aromatic carbocycles. The van der Waals surface area contributed by atoms with Gasteiger partial charge in [0.05, 0.1) is 0 Å². The van der Waals surface area contributed by atoms with Crippen LogP contribution in [0.15, 0.2) is 152 Å². The Kier molecular flexibility index (Phi) is 7.49. The van der Waals surface area contributed by atoms with Gasteiger partial charge in [-0.15, -0.1) is 0 Å². The zero-order valence-corrected chi connectivity index (χ0v) is 18.4. The molecule has 5 rings (SSSR count). The van der Waals surface area contributed by atoms with E-state index in [2.05, 4.69) is 121 Å². The summed E-state index contributed by atoms with van der Waals surface area (Å²) in [5.74, 6) is 0.322. The van der Waals surface area contributed by atoms with Crippen molar-refractivity contribution >= 4 is 11.1 Å². The predicted octanol–water partition coefficient (Wildman–Crippen LogP) is 8.09. The van der Waals surface area contributed by atoms with E-state index >= 15 is 0 Å². The average molecular weight is 427 g/mol. The minimum absolute atomic E-state index is 0.322. The highest BCUT2D eigenvalue weighted by molar-refractivity contribution is 6.04. The summed E-state index contributed by atoms with van der Waals surface area (Å²) in [7, 11) is 0. The van der Waals surface area contributed by atoms with Crippen molar-refractivity contribution in [3.63, 3.8) is 0 Å². The number of aromatic hydroxyl groups is 1. The molecular weight excluding hydrogens is 400 g/mol. The molecule has 0 heterocycles. The average Bonchev–Trinajstić information content (AvgIpc) is 2.90. The Morgan fingerprint density at radius 3 is 0.697 bits per heavy atom. The first-order chi connectivity index (χ1) is 16.3. The molecule has 5 aromatic rings. The molecule has 0 spiro atoms. The molecule has 33 heavy (non-hydrogen) atoms. The van der Waals surface area contributed by atoms with E-state index in [1.807, 2.05) is 6.07 Å². The van der Waals surface area contributed by atoms with Crippen molar-refractivity contribution in [2.75, 3.05) is 0 Å². The van der Waals surface area contributed by atoms with Crippen LogP contribution in [0.25, 0.3) is 11.1 Å². The SMILES string of the molecule is Oc1ccccc1.c1ccc(C(=C(c2ccccc2)c2ccccc2)c2ccccc2)cc1. The quantitative estimate of drug-likeness (QED) is 0.288. The second-order valence-corrected chi connectivity index (χ2v) is 7.55. The predicted molar refractivity (Wildman–Crippen MR) is 139 cm³/mol. The van der Waals surface area contributed by atoms with Crippen LogP contribution in [0.2, 0.25) is 0 Å². The molecule has 160 valence electrons. The Bertz CT molecular complexity index is 1090. The van der Waals surface area contributed by atoms with Crippen molar-refractivity contribution < 1.29 is 5.11 Å². The summed E-state index contributed by atoms with van der Waals surface area (Å²) in [4.78, 5) is 0. The van der Waals surface area contributed by atoms with Crippen LogP contribution in [0.5, 0.6) is 5.75 Å². The number of rotatable bonds is 4. The number of hydrogen-bond acceptors (Lipinski definition) is 1. The van der Waals surface area contributed by atoms with Crippen molar-refractivity contribution in [1.29, 1.82) is 0 Å². The molecule has 0 bridgehead atoms. The van der Waals surface area contributed by atoms with E-state index in [-0.39, 0.29) is 0 Å². The van der Waals surface area contributed by atoms with E-state index in [0.29, 0.717) is 5.75 Å². The molecule has 0 aliphatic rings. The Morgan fingerprint density at radius 1 is 0.303 bits per heavy atom. The van der Waals surface area contributed by atoms with Gasteiger partial charge in [-0.3, -0.25) is 0 Å². The summed E-state index contributed by atoms with van der Waals surface area (Å²) in [5.41, 5.74) is 7.40. The van der Waals surface area contributed by atoms with Crippen LogP contribution in [-0.4, -0.2) is 5.11 Å². The van der Waals surface area contributed by atoms with Crippen LogP contribution in [0.1, 0.15) is 22.3 Å². The molecule has 0 unspecified atom stereocenters. The topological polar surface area (TPSA) is 20.2 Å². The van der Waals surface area contributed by atoms with Crippen LogP contribution in [0, 0.1) is 0 Å². The normalized spacial score (nSPS) is 9.94. The molecule has 1 nitrogen and oxygen atoms in total. The van der Waals surface area contributed by atoms with Gasteiger partial charge in [0.25, 0.3) is 0 Å². The van der Waals surface area contributed by atoms with Gasteiger partial charge in [0.1, 0.15) is 5.75 Å². The molecule has 0 amide bonds. The molecule has 0 saturated heterocycles. The largest absolute Gasteiger partial charge is 0.508 e. The number of hydrogen-bond donors (Lipinski definition) is 1. The highest BCUT2D eigenvalue weighted by Crippen LogP contribution is 2.36. The fourth-order valence-corrected chi connectivity index (χ4v) is 3.76. The maximum Gasteiger partial charge on any atom is 0.115 e. The monoisotopic (exact) mass is 426 g/mol. The highest BCUT2D eigenvalue weighted by atomic mass is 16.3. The number of phenols is 1. The summed E-state index contributed by atoms with van der Waals surface area (Å²) < 4.78 is 0. The van der Waals surface area contributed by atoms with E-state index < -0.39 is 0 Å². The Morgan fingerprint density at radius 2 is 0.515 bits per heavy atom. The van der Waals surface area contributed by atoms with Crippen molar-refractivity contribution in [3.8, 4) is 5.75 Å². The van der Waals surface area contributed by atoms with Crippen molar-refractivity contribution in [1.82, 2.24) is 0 Å². The smallest absolute Gasteiger partial charge is 0.115 e. The van der Waals surface area contributed by atoms with Gasteiger partial charge in [-0.25, -0.2) is 0 Å². The molecule has 0 aliphatic heterocycles. The van der Waals surface area contributed by atoms with E-state index in [0.717, 1.165) is 0 Å². The molecule has 0 radical (unpaired) electrons. The summed E-state index contributed by atoms with van der Waals surface area (Å²) in [6.45, 7) is 0. The van der Waals surface area contributed by atoms with Crippen LogP contribution < -0.4 is 0 Å². The number of para-hydroxylation sites is 1. The molecule has 0 saturated carbocycles. The van der Waals surface area contributed by atoms with Gasteiger partial charge in [0.2, 0.25) is 0 Å². The Balaban J connectivity index is 0.000000318. The van der Waals surface area contributed by atoms with E-state index in [1.54, 1.807) is 24.3 Å². The molecule has 0 fully saturated rings. The fourth-order valence-electron chi connectivity index (χ4n) is 3.76. The van der Waals surface area contributed by atoms with Gasteiger partial charge in [-0.2, -0.15) is 0 Å². The number of benzene rings is 5. The second-order valence-electron chi connectivity index (χ2n) is 7.55. The summed E-state index contributed by atoms with van der Waals surface area (Å²) in [5, 5.41) is 8.63. The second kappa shape index (κ2) is 11.3. The van der Waals surface area contributed by atoms with Gasteiger partial charge < -0.3 is 5.11 Å². The maximum absolute atomic E-state index is 8.63. The molecule has 1 N–H and O–H groups in total. The lowest BCUT2D eigenvalue weighted by atomic mass is 9.86. The standard InChI is InChI=1S/C26H20.C6H6O/c1-5-13-21(14-6-1)25(22-15-7-2-8-16-22)26(23-17-9-3-10-18-23)24-19-11-4-12-20-24;7-6-4-2-1-3-5-6/h1-20H;1-5,7H. The lowest BCUT2D eigenvalue weighted by Gasteiger charge is -2.18. The van der Waals surface area contributed by atoms with E-state index in [4.69, 9.17) is 5.11 Å². The third-order valence-electron chi connectivity index (χ3n) is 5.26. The van der Waals surface area contributed by atoms with Gasteiger partial charge >= 0.3 is 0 Å². The minimum Gasteiger partial charge on any atom is -0.508 e. The summed E-state index contributed by atoms with van der Waals surface area (Å²) in [6.07, 6.45) is 0. The minimum atomic E-state index is 0.322. The Labute approximate surface area is 196 Å². The molecule has 0 aliphatic carbocycles. The first-order valence-corrected chi connectivity index (χ1v) is 11.0. The van der Waals surface area contributed by atoms with E-state index in [9.17, 15) is 0 Å². The number of phenolic OH excluding ortho intramolecular Hbond substituents is 1. The first-order valence-electron chi connectivity index (χ1n) is 11.0. The van der Waals surface area contributed by atoms with Gasteiger partial charge in [0, 0.05) is 0 Å². The zero-order chi connectivity index (χ0) is 22.7. The first kappa shape index (κ1) is 21.9. The summed E-state index contributed by atoms with van der Waals surface area (Å²) >= 11 is 0. The lowest BCUT2D eigenvalue weighted by molar-refractivity contribution is 0.475. The van der Waals surface area contributed by atoms with Crippen LogP contribution >= 0.6 is 0 Å². The van der Waals surface area contributed by atoms with Crippen LogP contribution in [0.3, 0.4) is 0 Å². The van der Waals surface area contributed by atoms with Crippen molar-refractivity contribution in [3.05, 3.63) is 174 Å².